The molecule has 2 aromatic carbocycles. The van der Waals surface area contributed by atoms with Crippen LogP contribution in [-0.2, 0) is 19.5 Å². The second-order valence-corrected chi connectivity index (χ2v) is 9.75. The molecule has 33 heavy (non-hydrogen) atoms. The van der Waals surface area contributed by atoms with Crippen molar-refractivity contribution < 1.29 is 4.42 Å². The van der Waals surface area contributed by atoms with Crippen LogP contribution < -0.4 is 0 Å². The highest BCUT2D eigenvalue weighted by Gasteiger charge is 2.24. The van der Waals surface area contributed by atoms with E-state index >= 15 is 0 Å². The largest absolute Gasteiger partial charge is 0.455 e. The molecule has 7 heteroatoms. The molecule has 1 aliphatic heterocycles. The number of nitrogens with zero attached hydrogens (tertiary/aromatic N) is 3. The third-order valence-electron chi connectivity index (χ3n) is 5.61. The molecular formula is C26H19Cl2N3OS. The Kier molecular flexibility index (Phi) is 6.34. The fraction of sp³-hybridized carbons (Fsp3) is 0.154. The lowest BCUT2D eigenvalue weighted by atomic mass is 10.0. The minimum Gasteiger partial charge on any atom is -0.455 e. The van der Waals surface area contributed by atoms with Gasteiger partial charge in [-0.1, -0.05) is 53.5 Å². The van der Waals surface area contributed by atoms with Crippen LogP contribution in [0.25, 0.3) is 11.3 Å². The molecule has 2 aromatic heterocycles. The van der Waals surface area contributed by atoms with Crippen LogP contribution in [0.1, 0.15) is 27.3 Å². The van der Waals surface area contributed by atoms with E-state index in [0.717, 1.165) is 42.2 Å². The second-order valence-electron chi connectivity index (χ2n) is 7.83. The van der Waals surface area contributed by atoms with E-state index in [-0.39, 0.29) is 0 Å². The first kappa shape index (κ1) is 21.9. The van der Waals surface area contributed by atoms with E-state index in [1.165, 1.54) is 10.4 Å². The van der Waals surface area contributed by atoms with Crippen molar-refractivity contribution in [1.29, 1.82) is 5.26 Å². The predicted octanol–water partition coefficient (Wildman–Crippen LogP) is 7.50. The summed E-state index contributed by atoms with van der Waals surface area (Å²) in [4.78, 5) is 8.24. The highest BCUT2D eigenvalue weighted by molar-refractivity contribution is 7.16. The number of furan rings is 1. The Balaban J connectivity index is 1.35. The molecule has 0 N–H and O–H groups in total. The summed E-state index contributed by atoms with van der Waals surface area (Å²) in [7, 11) is 0. The molecular weight excluding hydrogens is 473 g/mol. The number of hydrogen-bond acceptors (Lipinski definition) is 5. The van der Waals surface area contributed by atoms with Gasteiger partial charge in [-0.15, -0.1) is 11.3 Å². The summed E-state index contributed by atoms with van der Waals surface area (Å²) in [6.07, 6.45) is 2.51. The van der Waals surface area contributed by atoms with Crippen molar-refractivity contribution >= 4 is 45.8 Å². The number of rotatable bonds is 5. The summed E-state index contributed by atoms with van der Waals surface area (Å²) in [6, 6.07) is 21.7. The topological polar surface area (TPSA) is 52.5 Å². The summed E-state index contributed by atoms with van der Waals surface area (Å²) < 4.78 is 5.91. The normalized spacial score (nSPS) is 13.8. The summed E-state index contributed by atoms with van der Waals surface area (Å²) in [6.45, 7) is 2.66. The molecule has 0 amide bonds. The van der Waals surface area contributed by atoms with Gasteiger partial charge in [0.25, 0.3) is 0 Å². The summed E-state index contributed by atoms with van der Waals surface area (Å²) in [5.74, 6) is 1.20. The van der Waals surface area contributed by atoms with Crippen LogP contribution in [0.2, 0.25) is 10.0 Å². The van der Waals surface area contributed by atoms with Crippen LogP contribution in [0.15, 0.2) is 70.1 Å². The van der Waals surface area contributed by atoms with Gasteiger partial charge in [0, 0.05) is 35.1 Å². The van der Waals surface area contributed by atoms with E-state index in [2.05, 4.69) is 40.2 Å². The summed E-state index contributed by atoms with van der Waals surface area (Å²) in [5, 5.41) is 11.7. The fourth-order valence-electron chi connectivity index (χ4n) is 4.00. The third kappa shape index (κ3) is 4.75. The lowest BCUT2D eigenvalue weighted by molar-refractivity contribution is 0.249. The summed E-state index contributed by atoms with van der Waals surface area (Å²) >= 11 is 14.0. The van der Waals surface area contributed by atoms with Gasteiger partial charge in [0.2, 0.25) is 0 Å². The van der Waals surface area contributed by atoms with Gasteiger partial charge < -0.3 is 4.42 Å². The van der Waals surface area contributed by atoms with Gasteiger partial charge in [-0.2, -0.15) is 5.26 Å². The number of hydrogen-bond donors (Lipinski definition) is 0. The highest BCUT2D eigenvalue weighted by Crippen LogP contribution is 2.39. The van der Waals surface area contributed by atoms with E-state index in [0.29, 0.717) is 27.1 Å². The Morgan fingerprint density at radius 1 is 1.12 bits per heavy atom. The first-order valence-electron chi connectivity index (χ1n) is 10.5. The quantitative estimate of drug-likeness (QED) is 0.271. The van der Waals surface area contributed by atoms with Crippen molar-refractivity contribution in [2.75, 3.05) is 6.54 Å². The Labute approximate surface area is 206 Å². The van der Waals surface area contributed by atoms with Gasteiger partial charge >= 0.3 is 0 Å². The maximum Gasteiger partial charge on any atom is 0.145 e. The zero-order chi connectivity index (χ0) is 22.8. The predicted molar refractivity (Wildman–Crippen MR) is 135 cm³/mol. The molecule has 4 nitrogen and oxygen atoms in total. The summed E-state index contributed by atoms with van der Waals surface area (Å²) in [5.41, 5.74) is 3.83. The first-order chi connectivity index (χ1) is 16.1. The lowest BCUT2D eigenvalue weighted by Gasteiger charge is -2.26. The zero-order valence-electron chi connectivity index (χ0n) is 17.6. The van der Waals surface area contributed by atoms with E-state index in [1.807, 2.05) is 18.2 Å². The smallest absolute Gasteiger partial charge is 0.145 e. The van der Waals surface area contributed by atoms with Crippen LogP contribution in [-0.4, -0.2) is 17.7 Å². The molecule has 0 unspecified atom stereocenters. The SMILES string of the molecule is N#Cc1c(N=Cc2ccc(-c3cc(Cl)ccc3Cl)o2)sc2c1CCN(Cc1ccccc1)C2. The van der Waals surface area contributed by atoms with Gasteiger partial charge in [-0.3, -0.25) is 4.90 Å². The first-order valence-corrected chi connectivity index (χ1v) is 12.1. The maximum atomic E-state index is 9.79. The van der Waals surface area contributed by atoms with Crippen LogP contribution in [0.3, 0.4) is 0 Å². The Morgan fingerprint density at radius 3 is 2.79 bits per heavy atom. The van der Waals surface area contributed by atoms with Crippen LogP contribution >= 0.6 is 34.5 Å². The standard InChI is InChI=1S/C26H19Cl2N3OS/c27-18-6-8-23(28)21(12-18)24-9-7-19(32-24)14-30-26-22(13-29)20-10-11-31(16-25(20)33-26)15-17-4-2-1-3-5-17/h1-9,12,14H,10-11,15-16H2. The fourth-order valence-corrected chi connectivity index (χ4v) is 5.57. The number of benzene rings is 2. The van der Waals surface area contributed by atoms with Crippen molar-refractivity contribution in [1.82, 2.24) is 4.90 Å². The molecule has 0 bridgehead atoms. The molecule has 0 radical (unpaired) electrons. The van der Waals surface area contributed by atoms with Crippen molar-refractivity contribution in [3.63, 3.8) is 0 Å². The number of halogens is 2. The van der Waals surface area contributed by atoms with Crippen LogP contribution in [0, 0.1) is 11.3 Å². The number of thiophene rings is 1. The van der Waals surface area contributed by atoms with Crippen LogP contribution in [0.5, 0.6) is 0 Å². The molecule has 164 valence electrons. The van der Waals surface area contributed by atoms with E-state index in [1.54, 1.807) is 35.8 Å². The maximum absolute atomic E-state index is 9.79. The van der Waals surface area contributed by atoms with Gasteiger partial charge in [0.1, 0.15) is 22.6 Å². The second kappa shape index (κ2) is 9.54. The van der Waals surface area contributed by atoms with E-state index in [9.17, 15) is 5.26 Å². The molecule has 3 heterocycles. The van der Waals surface area contributed by atoms with Gasteiger partial charge in [0.15, 0.2) is 0 Å². The van der Waals surface area contributed by atoms with Gasteiger partial charge in [-0.05, 0) is 47.9 Å². The van der Waals surface area contributed by atoms with Gasteiger partial charge in [-0.25, -0.2) is 4.99 Å². The highest BCUT2D eigenvalue weighted by atomic mass is 35.5. The van der Waals surface area contributed by atoms with Crippen molar-refractivity contribution in [3.8, 4) is 17.4 Å². The molecule has 5 rings (SSSR count). The number of fused-ring (bicyclic) bond motifs is 1. The number of aliphatic imine (C=N–C) groups is 1. The average Bonchev–Trinajstić information content (AvgIpc) is 3.43. The molecule has 0 saturated carbocycles. The molecule has 0 aliphatic carbocycles. The monoisotopic (exact) mass is 491 g/mol. The van der Waals surface area contributed by atoms with Crippen molar-refractivity contribution in [2.45, 2.75) is 19.5 Å². The molecule has 1 aliphatic rings. The molecule has 4 aromatic rings. The van der Waals surface area contributed by atoms with E-state index in [4.69, 9.17) is 27.6 Å². The van der Waals surface area contributed by atoms with Crippen molar-refractivity contribution in [3.05, 3.63) is 98.0 Å². The number of nitriles is 1. The van der Waals surface area contributed by atoms with Gasteiger partial charge in [0.05, 0.1) is 16.8 Å². The van der Waals surface area contributed by atoms with Crippen molar-refractivity contribution in [2.24, 2.45) is 4.99 Å². The molecule has 0 fully saturated rings. The third-order valence-corrected chi connectivity index (χ3v) is 7.30. The van der Waals surface area contributed by atoms with Crippen LogP contribution in [0.4, 0.5) is 5.00 Å². The molecule has 0 spiro atoms. The Hall–Kier alpha value is -2.88. The minimum absolute atomic E-state index is 0.565. The molecule has 0 saturated heterocycles. The minimum atomic E-state index is 0.565. The lowest BCUT2D eigenvalue weighted by Crippen LogP contribution is -2.29. The molecule has 0 atom stereocenters. The average molecular weight is 492 g/mol. The van der Waals surface area contributed by atoms with E-state index < -0.39 is 0 Å². The Morgan fingerprint density at radius 2 is 1.97 bits per heavy atom. The Bertz CT molecular complexity index is 1370. The zero-order valence-corrected chi connectivity index (χ0v) is 19.9.